The van der Waals surface area contributed by atoms with Gasteiger partial charge < -0.3 is 76.7 Å². The number of ketones is 2. The van der Waals surface area contributed by atoms with E-state index >= 15 is 9.59 Å². The van der Waals surface area contributed by atoms with Gasteiger partial charge in [0, 0.05) is 109 Å². The Kier molecular flexibility index (Phi) is 20.3. The maximum atomic E-state index is 15.2. The summed E-state index contributed by atoms with van der Waals surface area (Å²) in [5, 5.41) is 11.9. The van der Waals surface area contributed by atoms with Crippen LogP contribution in [0.2, 0.25) is 0 Å². The van der Waals surface area contributed by atoms with Crippen molar-refractivity contribution in [3.8, 4) is 34.1 Å². The van der Waals surface area contributed by atoms with Crippen LogP contribution in [0, 0.1) is 6.92 Å². The predicted molar refractivity (Wildman–Crippen MR) is 285 cm³/mol. The van der Waals surface area contributed by atoms with Gasteiger partial charge in [0.05, 0.1) is 36.5 Å². The monoisotopic (exact) mass is 1220 g/mol. The number of hydrogen-bond acceptors (Lipinski definition) is 27. The van der Waals surface area contributed by atoms with Crippen LogP contribution in [-0.2, 0) is 95.3 Å². The number of ether oxygens (including phenoxy) is 14. The highest BCUT2D eigenvalue weighted by atomic mass is 16.8. The van der Waals surface area contributed by atoms with E-state index in [2.05, 4.69) is 5.32 Å². The van der Waals surface area contributed by atoms with Gasteiger partial charge in [0.2, 0.25) is 0 Å². The highest BCUT2D eigenvalue weighted by Gasteiger charge is 2.57. The van der Waals surface area contributed by atoms with Crippen molar-refractivity contribution in [3.63, 3.8) is 0 Å². The molecule has 87 heavy (non-hydrogen) atoms. The van der Waals surface area contributed by atoms with Gasteiger partial charge in [0.1, 0.15) is 23.7 Å². The Labute approximate surface area is 494 Å². The first-order valence-corrected chi connectivity index (χ1v) is 26.8. The number of aryl methyl sites for hydroxylation is 1. The van der Waals surface area contributed by atoms with Gasteiger partial charge >= 0.3 is 59.7 Å². The Hall–Kier alpha value is -9.19. The van der Waals surface area contributed by atoms with E-state index in [1.165, 1.54) is 27.0 Å². The van der Waals surface area contributed by atoms with Crippen LogP contribution >= 0.6 is 0 Å². The molecular weight excluding hydrogens is 1160 g/mol. The SMILES string of the molecule is COc1cc(OC(C)=O)c2c(c1)C(=O)c1c(cc3c(c1OC(C)=O)-c1c(cc(C)c(C(=O)NCCCC(=O)O)c1OC(C)=O)[C@H](O[C@@H]1O[C@H](C)[C@H](OC(C)=O)[C@H](O[C@@H]4OC[C@@H](OC(C)=O)[C@H](OC(C)=O)[C@H]4OC(C)=O)[C@H]1OC(C)=O)[C@H]3OC(C)=O)C2=O. The average molecular weight is 1220 g/mol. The normalized spacial score (nSPS) is 23.3. The molecule has 0 saturated carbocycles. The van der Waals surface area contributed by atoms with Crippen LogP contribution in [-0.4, -0.2) is 158 Å². The maximum absolute atomic E-state index is 15.2. The molecule has 0 spiro atoms. The van der Waals surface area contributed by atoms with Crippen molar-refractivity contribution in [1.29, 1.82) is 0 Å². The smallest absolute Gasteiger partial charge is 0.308 e. The molecule has 2 heterocycles. The van der Waals surface area contributed by atoms with Crippen molar-refractivity contribution < 1.29 is 134 Å². The van der Waals surface area contributed by atoms with E-state index in [4.69, 9.17) is 66.3 Å². The van der Waals surface area contributed by atoms with E-state index in [1.807, 2.05) is 0 Å². The zero-order chi connectivity index (χ0) is 64.2. The predicted octanol–water partition coefficient (Wildman–Crippen LogP) is 3.64. The number of aliphatic carboxylic acids is 1. The van der Waals surface area contributed by atoms with Crippen molar-refractivity contribution >= 4 is 77.2 Å². The first-order valence-electron chi connectivity index (χ1n) is 26.8. The average Bonchev–Trinajstić information content (AvgIpc) is 0.717. The summed E-state index contributed by atoms with van der Waals surface area (Å²) in [6, 6.07) is 4.68. The minimum absolute atomic E-state index is 0.0254. The van der Waals surface area contributed by atoms with E-state index in [-0.39, 0.29) is 41.8 Å². The first-order chi connectivity index (χ1) is 40.9. The van der Waals surface area contributed by atoms with Gasteiger partial charge in [0.25, 0.3) is 5.91 Å². The minimum atomic E-state index is -2.04. The summed E-state index contributed by atoms with van der Waals surface area (Å²) in [7, 11) is 1.22. The number of carbonyl (C=O) groups is 13. The van der Waals surface area contributed by atoms with Crippen molar-refractivity contribution in [2.24, 2.45) is 0 Å². The quantitative estimate of drug-likeness (QED) is 0.0585. The standard InChI is InChI=1S/C58H61NO28/c1-21-16-35-42(51(82-28(8)65)40(21)56(73)59-15-13-14-39(69)70)43-36(19-34-44(52(43)83-29(9)66)46(72)33-17-32(74-12)18-37(77-23(3)60)41(33)45(34)71)48(80-26(6)63)49(35)86-58-55(85-31(11)68)53(47(22(2)76-58)79-25(5)62)87-57-54(84-30(10)67)50(81-27(7)64)38(20-75-57)78-24(4)61/h16-19,22,38,47-50,53-55,57-58H,13-15,20H2,1-12H3,(H,59,73)(H,69,70)/t22-,38-,47+,48+,49+,50+,53+,54-,55-,57+,58+/m1/s1. The number of rotatable bonds is 19. The van der Waals surface area contributed by atoms with E-state index < -0.39 is 207 Å². The van der Waals surface area contributed by atoms with Crippen molar-refractivity contribution in [2.45, 2.75) is 157 Å². The second kappa shape index (κ2) is 27.0. The van der Waals surface area contributed by atoms with Crippen LogP contribution in [0.1, 0.15) is 153 Å². The molecule has 29 nitrogen and oxygen atoms in total. The fraction of sp³-hybridized carbons (Fsp3) is 0.466. The topological polar surface area (TPSA) is 383 Å². The molecule has 2 N–H and O–H groups in total. The number of nitrogens with one attached hydrogen (secondary N) is 1. The number of amides is 1. The number of methoxy groups -OCH3 is 1. The van der Waals surface area contributed by atoms with E-state index in [0.29, 0.717) is 0 Å². The molecule has 7 rings (SSSR count). The molecule has 29 heteroatoms. The minimum Gasteiger partial charge on any atom is -0.497 e. The van der Waals surface area contributed by atoms with E-state index in [0.717, 1.165) is 80.5 Å². The maximum Gasteiger partial charge on any atom is 0.308 e. The van der Waals surface area contributed by atoms with Crippen molar-refractivity contribution in [3.05, 3.63) is 68.8 Å². The van der Waals surface area contributed by atoms with Gasteiger partial charge in [-0.05, 0) is 43.5 Å². The Bertz CT molecular complexity index is 3380. The summed E-state index contributed by atoms with van der Waals surface area (Å²) in [5.74, 6) is -15.0. The van der Waals surface area contributed by atoms with Crippen LogP contribution in [0.4, 0.5) is 0 Å². The lowest BCUT2D eigenvalue weighted by Crippen LogP contribution is -2.65. The Balaban J connectivity index is 1.54. The molecule has 2 aliphatic carbocycles. The molecule has 11 atom stereocenters. The summed E-state index contributed by atoms with van der Waals surface area (Å²) < 4.78 is 82.7. The summed E-state index contributed by atoms with van der Waals surface area (Å²) in [6.45, 7) is 10.9. The number of carboxylic acid groups (broad SMARTS) is 1. The molecular formula is C58H61NO28. The molecule has 2 fully saturated rings. The third-order valence-corrected chi connectivity index (χ3v) is 13.5. The van der Waals surface area contributed by atoms with Crippen LogP contribution in [0.25, 0.3) is 11.1 Å². The molecule has 0 aromatic heterocycles. The fourth-order valence-corrected chi connectivity index (χ4v) is 10.6. The molecule has 0 unspecified atom stereocenters. The largest absolute Gasteiger partial charge is 0.497 e. The zero-order valence-corrected chi connectivity index (χ0v) is 49.0. The lowest BCUT2D eigenvalue weighted by atomic mass is 9.73. The number of fused-ring (bicyclic) bond motifs is 5. The van der Waals surface area contributed by atoms with Gasteiger partial charge in [-0.1, -0.05) is 6.07 Å². The van der Waals surface area contributed by atoms with Gasteiger partial charge in [-0.15, -0.1) is 0 Å². The number of esters is 9. The molecule has 2 saturated heterocycles. The van der Waals surface area contributed by atoms with Gasteiger partial charge in [0.15, 0.2) is 72.3 Å². The van der Waals surface area contributed by atoms with E-state index in [1.54, 1.807) is 0 Å². The third-order valence-electron chi connectivity index (χ3n) is 13.5. The summed E-state index contributed by atoms with van der Waals surface area (Å²) in [6.07, 6.45) is -19.9. The zero-order valence-electron chi connectivity index (χ0n) is 49.0. The Morgan fingerprint density at radius 1 is 0.552 bits per heavy atom. The summed E-state index contributed by atoms with van der Waals surface area (Å²) >= 11 is 0. The number of carbonyl (C=O) groups excluding carboxylic acids is 12. The molecule has 0 radical (unpaired) electrons. The second-order valence-electron chi connectivity index (χ2n) is 20.2. The van der Waals surface area contributed by atoms with Crippen molar-refractivity contribution in [2.75, 3.05) is 20.3 Å². The van der Waals surface area contributed by atoms with Crippen LogP contribution in [0.3, 0.4) is 0 Å². The number of benzene rings is 3. The molecule has 2 aliphatic heterocycles. The van der Waals surface area contributed by atoms with E-state index in [9.17, 15) is 57.8 Å². The molecule has 4 aliphatic rings. The number of carboxylic acids is 1. The summed E-state index contributed by atoms with van der Waals surface area (Å²) in [4.78, 5) is 174. The number of hydrogen-bond donors (Lipinski definition) is 2. The Morgan fingerprint density at radius 2 is 1.07 bits per heavy atom. The summed E-state index contributed by atoms with van der Waals surface area (Å²) in [5.41, 5.74) is -3.90. The molecule has 3 aromatic rings. The van der Waals surface area contributed by atoms with Gasteiger partial charge in [-0.3, -0.25) is 62.3 Å². The van der Waals surface area contributed by atoms with Crippen LogP contribution in [0.15, 0.2) is 24.3 Å². The highest BCUT2D eigenvalue weighted by Crippen LogP contribution is 2.59. The fourth-order valence-electron chi connectivity index (χ4n) is 10.6. The van der Waals surface area contributed by atoms with Crippen molar-refractivity contribution in [1.82, 2.24) is 5.32 Å². The highest BCUT2D eigenvalue weighted by molar-refractivity contribution is 6.31. The van der Waals surface area contributed by atoms with Gasteiger partial charge in [-0.25, -0.2) is 0 Å². The molecule has 0 bridgehead atoms. The Morgan fingerprint density at radius 3 is 1.63 bits per heavy atom. The second-order valence-corrected chi connectivity index (χ2v) is 20.2. The lowest BCUT2D eigenvalue weighted by Gasteiger charge is -2.48. The molecule has 1 amide bonds. The molecule has 3 aromatic carbocycles. The lowest BCUT2D eigenvalue weighted by molar-refractivity contribution is -0.355. The van der Waals surface area contributed by atoms with Crippen LogP contribution in [0.5, 0.6) is 23.0 Å². The first kappa shape index (κ1) is 65.4. The van der Waals surface area contributed by atoms with Crippen LogP contribution < -0.4 is 24.3 Å². The van der Waals surface area contributed by atoms with Gasteiger partial charge in [-0.2, -0.15) is 0 Å². The third kappa shape index (κ3) is 14.4. The molecule has 466 valence electrons.